The van der Waals surface area contributed by atoms with E-state index in [0.717, 1.165) is 23.7 Å². The molecule has 0 aromatic carbocycles. The van der Waals surface area contributed by atoms with Gasteiger partial charge in [-0.25, -0.2) is 0 Å². The second-order valence-corrected chi connectivity index (χ2v) is 4.82. The van der Waals surface area contributed by atoms with Crippen LogP contribution in [0.25, 0.3) is 0 Å². The van der Waals surface area contributed by atoms with E-state index in [-0.39, 0.29) is 12.4 Å². The van der Waals surface area contributed by atoms with Gasteiger partial charge in [-0.1, -0.05) is 0 Å². The van der Waals surface area contributed by atoms with Crippen molar-refractivity contribution in [2.75, 3.05) is 0 Å². The summed E-state index contributed by atoms with van der Waals surface area (Å²) >= 11 is 0. The third-order valence-corrected chi connectivity index (χ3v) is 4.49. The molecule has 2 bridgehead atoms. The van der Waals surface area contributed by atoms with Gasteiger partial charge in [0.15, 0.2) is 0 Å². The van der Waals surface area contributed by atoms with Crippen LogP contribution in [0.15, 0.2) is 0 Å². The van der Waals surface area contributed by atoms with Crippen molar-refractivity contribution in [1.82, 2.24) is 0 Å². The zero-order chi connectivity index (χ0) is 7.42. The molecule has 5 atom stereocenters. The average molecular weight is 188 g/mol. The first-order valence-electron chi connectivity index (χ1n) is 5.12. The molecule has 0 amide bonds. The van der Waals surface area contributed by atoms with Crippen LogP contribution in [0.5, 0.6) is 0 Å². The van der Waals surface area contributed by atoms with Crippen molar-refractivity contribution in [2.24, 2.45) is 29.4 Å². The van der Waals surface area contributed by atoms with Crippen LogP contribution in [0.4, 0.5) is 0 Å². The van der Waals surface area contributed by atoms with Crippen molar-refractivity contribution in [2.45, 2.75) is 38.1 Å². The van der Waals surface area contributed by atoms with Crippen LogP contribution in [0.3, 0.4) is 0 Å². The van der Waals surface area contributed by atoms with E-state index in [0.29, 0.717) is 6.04 Å². The van der Waals surface area contributed by atoms with Crippen molar-refractivity contribution in [3.05, 3.63) is 0 Å². The fourth-order valence-corrected chi connectivity index (χ4v) is 4.13. The first-order valence-corrected chi connectivity index (χ1v) is 5.12. The Morgan fingerprint density at radius 3 is 2.42 bits per heavy atom. The molecule has 3 rings (SSSR count). The summed E-state index contributed by atoms with van der Waals surface area (Å²) in [5, 5.41) is 0. The molecule has 70 valence electrons. The van der Waals surface area contributed by atoms with E-state index in [1.54, 1.807) is 0 Å². The van der Waals surface area contributed by atoms with Gasteiger partial charge < -0.3 is 5.73 Å². The molecular weight excluding hydrogens is 170 g/mol. The average Bonchev–Trinajstić information content (AvgIpc) is 2.60. The lowest BCUT2D eigenvalue weighted by atomic mass is 9.80. The molecule has 0 aromatic heterocycles. The summed E-state index contributed by atoms with van der Waals surface area (Å²) < 4.78 is 0. The lowest BCUT2D eigenvalue weighted by Crippen LogP contribution is -2.31. The molecular formula is C10H18ClN. The molecule has 2 heteroatoms. The van der Waals surface area contributed by atoms with E-state index in [9.17, 15) is 0 Å². The quantitative estimate of drug-likeness (QED) is 0.618. The van der Waals surface area contributed by atoms with Crippen LogP contribution in [-0.4, -0.2) is 6.04 Å². The first-order chi connectivity index (χ1) is 5.36. The van der Waals surface area contributed by atoms with Gasteiger partial charge in [0.05, 0.1) is 0 Å². The molecule has 0 saturated heterocycles. The maximum atomic E-state index is 6.11. The first kappa shape index (κ1) is 8.83. The second-order valence-electron chi connectivity index (χ2n) is 4.82. The Morgan fingerprint density at radius 2 is 1.67 bits per heavy atom. The van der Waals surface area contributed by atoms with Crippen LogP contribution in [0.2, 0.25) is 0 Å². The van der Waals surface area contributed by atoms with E-state index in [1.807, 2.05) is 0 Å². The topological polar surface area (TPSA) is 26.0 Å². The number of fused-ring (bicyclic) bond motifs is 5. The van der Waals surface area contributed by atoms with Crippen LogP contribution in [0.1, 0.15) is 32.1 Å². The van der Waals surface area contributed by atoms with E-state index in [4.69, 9.17) is 5.73 Å². The zero-order valence-corrected chi connectivity index (χ0v) is 8.22. The Balaban J connectivity index is 0.000000563. The van der Waals surface area contributed by atoms with Crippen molar-refractivity contribution >= 4 is 12.4 Å². The molecule has 12 heavy (non-hydrogen) atoms. The highest BCUT2D eigenvalue weighted by molar-refractivity contribution is 5.85. The second kappa shape index (κ2) is 2.88. The Hall–Kier alpha value is 0.250. The van der Waals surface area contributed by atoms with Gasteiger partial charge >= 0.3 is 0 Å². The smallest absolute Gasteiger partial charge is 0.00726 e. The summed E-state index contributed by atoms with van der Waals surface area (Å²) in [5.41, 5.74) is 6.11. The molecule has 0 aromatic rings. The van der Waals surface area contributed by atoms with Gasteiger partial charge in [0.25, 0.3) is 0 Å². The summed E-state index contributed by atoms with van der Waals surface area (Å²) in [6.07, 6.45) is 7.33. The summed E-state index contributed by atoms with van der Waals surface area (Å²) in [7, 11) is 0. The Kier molecular flexibility index (Phi) is 2.12. The standard InChI is InChI=1S/C10H17N.ClH/c11-9-4-3-8-6-1-2-7(5-6)10(8)9;/h6-10H,1-5,11H2;1H/t6-,7+,8-,9-,10+;/m1./s1. The molecule has 3 aliphatic rings. The van der Waals surface area contributed by atoms with Gasteiger partial charge in [-0.2, -0.15) is 0 Å². The molecule has 0 radical (unpaired) electrons. The van der Waals surface area contributed by atoms with Crippen molar-refractivity contribution < 1.29 is 0 Å². The monoisotopic (exact) mass is 187 g/mol. The van der Waals surface area contributed by atoms with Gasteiger partial charge in [-0.05, 0) is 55.8 Å². The van der Waals surface area contributed by atoms with Crippen molar-refractivity contribution in [3.8, 4) is 0 Å². The summed E-state index contributed by atoms with van der Waals surface area (Å²) in [6.45, 7) is 0. The normalized spacial score (nSPS) is 55.2. The molecule has 1 nitrogen and oxygen atoms in total. The minimum absolute atomic E-state index is 0. The fourth-order valence-electron chi connectivity index (χ4n) is 4.13. The number of halogens is 1. The Labute approximate surface area is 80.5 Å². The maximum absolute atomic E-state index is 6.11. The number of nitrogens with two attached hydrogens (primary N) is 1. The lowest BCUT2D eigenvalue weighted by Gasteiger charge is -2.26. The summed E-state index contributed by atoms with van der Waals surface area (Å²) in [6, 6.07) is 0.579. The third-order valence-electron chi connectivity index (χ3n) is 4.49. The SMILES string of the molecule is Cl.N[C@@H]1CC[C@@H]2[C@@H]3CC[C@@H](C3)[C@@H]21. The lowest BCUT2D eigenvalue weighted by molar-refractivity contribution is 0.244. The van der Waals surface area contributed by atoms with E-state index < -0.39 is 0 Å². The third kappa shape index (κ3) is 0.958. The molecule has 0 spiro atoms. The predicted molar refractivity (Wildman–Crippen MR) is 52.3 cm³/mol. The van der Waals surface area contributed by atoms with Crippen molar-refractivity contribution in [3.63, 3.8) is 0 Å². The van der Waals surface area contributed by atoms with Crippen LogP contribution in [-0.2, 0) is 0 Å². The summed E-state index contributed by atoms with van der Waals surface area (Å²) in [4.78, 5) is 0. The minimum Gasteiger partial charge on any atom is -0.327 e. The largest absolute Gasteiger partial charge is 0.327 e. The van der Waals surface area contributed by atoms with E-state index >= 15 is 0 Å². The molecule has 3 fully saturated rings. The summed E-state index contributed by atoms with van der Waals surface area (Å²) in [5.74, 6) is 4.15. The van der Waals surface area contributed by atoms with Gasteiger partial charge in [-0.15, -0.1) is 12.4 Å². The number of hydrogen-bond acceptors (Lipinski definition) is 1. The molecule has 0 aliphatic heterocycles. The van der Waals surface area contributed by atoms with Crippen LogP contribution < -0.4 is 5.73 Å². The predicted octanol–water partition coefficient (Wildman–Crippen LogP) is 2.19. The molecule has 0 unspecified atom stereocenters. The van der Waals surface area contributed by atoms with Gasteiger partial charge in [0.1, 0.15) is 0 Å². The highest BCUT2D eigenvalue weighted by atomic mass is 35.5. The van der Waals surface area contributed by atoms with Gasteiger partial charge in [0, 0.05) is 6.04 Å². The highest BCUT2D eigenvalue weighted by Gasteiger charge is 2.52. The van der Waals surface area contributed by atoms with Gasteiger partial charge in [-0.3, -0.25) is 0 Å². The van der Waals surface area contributed by atoms with Crippen molar-refractivity contribution in [1.29, 1.82) is 0 Å². The Bertz CT molecular complexity index is 183. The van der Waals surface area contributed by atoms with Crippen LogP contribution in [0, 0.1) is 23.7 Å². The van der Waals surface area contributed by atoms with Crippen LogP contribution >= 0.6 is 12.4 Å². The molecule has 0 heterocycles. The van der Waals surface area contributed by atoms with Gasteiger partial charge in [0.2, 0.25) is 0 Å². The molecule has 3 saturated carbocycles. The number of rotatable bonds is 0. The highest BCUT2D eigenvalue weighted by Crippen LogP contribution is 2.58. The Morgan fingerprint density at radius 1 is 0.917 bits per heavy atom. The minimum atomic E-state index is 0. The zero-order valence-electron chi connectivity index (χ0n) is 7.41. The fraction of sp³-hybridized carbons (Fsp3) is 1.00. The molecule has 2 N–H and O–H groups in total. The maximum Gasteiger partial charge on any atom is 0.00726 e. The number of hydrogen-bond donors (Lipinski definition) is 1. The van der Waals surface area contributed by atoms with E-state index in [1.165, 1.54) is 32.1 Å². The molecule has 3 aliphatic carbocycles. The van der Waals surface area contributed by atoms with E-state index in [2.05, 4.69) is 0 Å².